The Labute approximate surface area is 74.2 Å². The van der Waals surface area contributed by atoms with Gasteiger partial charge in [0.25, 0.3) is 0 Å². The minimum Gasteiger partial charge on any atom is -0.512 e. The molecule has 1 aromatic carbocycles. The van der Waals surface area contributed by atoms with Gasteiger partial charge in [-0.1, -0.05) is 0 Å². The molecule has 0 aromatic heterocycles. The van der Waals surface area contributed by atoms with E-state index in [1.807, 2.05) is 5.87 Å². The Bertz CT molecular complexity index is 439. The molecule has 0 saturated carbocycles. The summed E-state index contributed by atoms with van der Waals surface area (Å²) in [6.07, 6.45) is 0. The van der Waals surface area contributed by atoms with E-state index in [0.29, 0.717) is 0 Å². The molecule has 0 fully saturated rings. The first-order chi connectivity index (χ1) is 6.06. The molecule has 13 heavy (non-hydrogen) atoms. The number of hydrogen-bond donors (Lipinski definition) is 4. The predicted octanol–water partition coefficient (Wildman–Crippen LogP) is -0.296. The highest BCUT2D eigenvalue weighted by Crippen LogP contribution is 2.05. The van der Waals surface area contributed by atoms with Gasteiger partial charge in [-0.15, -0.1) is 0 Å². The molecule has 0 saturated heterocycles. The number of aliphatic hydroxyl groups is 1. The van der Waals surface area contributed by atoms with Gasteiger partial charge in [-0.05, 0) is 24.9 Å². The first kappa shape index (κ1) is 9.16. The van der Waals surface area contributed by atoms with Gasteiger partial charge in [0.1, 0.15) is 17.3 Å². The van der Waals surface area contributed by atoms with Gasteiger partial charge in [-0.2, -0.15) is 0 Å². The molecule has 4 nitrogen and oxygen atoms in total. The van der Waals surface area contributed by atoms with E-state index in [1.165, 1.54) is 19.1 Å². The summed E-state index contributed by atoms with van der Waals surface area (Å²) in [7, 11) is 0. The minimum atomic E-state index is -0.269. The average molecular weight is 179 g/mol. The zero-order chi connectivity index (χ0) is 10.0. The fourth-order valence-electron chi connectivity index (χ4n) is 1.05. The molecular formula is C9H9NO3. The van der Waals surface area contributed by atoms with Crippen LogP contribution in [0.4, 0.5) is 0 Å². The van der Waals surface area contributed by atoms with Crippen LogP contribution in [0.1, 0.15) is 6.92 Å². The average Bonchev–Trinajstić information content (AvgIpc) is 2.02. The molecule has 4 N–H and O–H groups in total. The van der Waals surface area contributed by atoms with Crippen LogP contribution in [0.2, 0.25) is 0 Å². The van der Waals surface area contributed by atoms with Crippen LogP contribution in [0.3, 0.4) is 0 Å². The van der Waals surface area contributed by atoms with Crippen molar-refractivity contribution in [3.8, 4) is 11.5 Å². The molecule has 0 unspecified atom stereocenters. The maximum atomic E-state index is 9.31. The number of phenols is 2. The molecule has 0 radical (unpaired) electrons. The summed E-state index contributed by atoms with van der Waals surface area (Å²) in [5.41, 5.74) is 0. The normalized spacial score (nSPS) is 9.31. The fraction of sp³-hybridized carbons (Fsp3) is 0.111. The summed E-state index contributed by atoms with van der Waals surface area (Å²) in [6, 6.07) is 2.48. The number of phenolic OH excluding ortho intramolecular Hbond substituents is 2. The maximum Gasteiger partial charge on any atom is 0.131 e. The van der Waals surface area contributed by atoms with Crippen molar-refractivity contribution in [1.82, 2.24) is 0 Å². The number of rotatable bonds is 0. The Kier molecular flexibility index (Phi) is 2.26. The standard InChI is InChI=1S/C9H9NO3/c1-5(11)9-7(12)2-6(4-10)3-8(9)13/h2-3,10-13H,1H3. The summed E-state index contributed by atoms with van der Waals surface area (Å²) >= 11 is 0. The van der Waals surface area contributed by atoms with E-state index >= 15 is 0 Å². The Morgan fingerprint density at radius 2 is 1.77 bits per heavy atom. The summed E-state index contributed by atoms with van der Waals surface area (Å²) in [4.78, 5) is 0. The van der Waals surface area contributed by atoms with Crippen molar-refractivity contribution in [2.45, 2.75) is 6.92 Å². The Morgan fingerprint density at radius 1 is 1.31 bits per heavy atom. The smallest absolute Gasteiger partial charge is 0.131 e. The second kappa shape index (κ2) is 3.21. The molecule has 0 heterocycles. The maximum absolute atomic E-state index is 9.31. The first-order valence-electron chi connectivity index (χ1n) is 3.58. The molecule has 0 spiro atoms. The SMILES string of the molecule is CC(O)=c1c(O)cc(=C=N)cc1O. The predicted molar refractivity (Wildman–Crippen MR) is 47.6 cm³/mol. The van der Waals surface area contributed by atoms with Crippen LogP contribution in [-0.2, 0) is 0 Å². The van der Waals surface area contributed by atoms with E-state index in [-0.39, 0.29) is 27.7 Å². The molecule has 68 valence electrons. The molecule has 0 aliphatic heterocycles. The zero-order valence-corrected chi connectivity index (χ0v) is 7.00. The first-order valence-corrected chi connectivity index (χ1v) is 3.58. The monoisotopic (exact) mass is 179 g/mol. The van der Waals surface area contributed by atoms with Crippen LogP contribution in [0.15, 0.2) is 12.1 Å². The van der Waals surface area contributed by atoms with Gasteiger partial charge < -0.3 is 15.3 Å². The Balaban J connectivity index is 3.81. The molecule has 1 aromatic rings. The van der Waals surface area contributed by atoms with Gasteiger partial charge in [0, 0.05) is 5.22 Å². The van der Waals surface area contributed by atoms with Crippen molar-refractivity contribution in [2.75, 3.05) is 0 Å². The van der Waals surface area contributed by atoms with Crippen LogP contribution in [-0.4, -0.2) is 21.2 Å². The van der Waals surface area contributed by atoms with Crippen molar-refractivity contribution in [1.29, 1.82) is 5.41 Å². The lowest BCUT2D eigenvalue weighted by molar-refractivity contribution is 0.429. The third kappa shape index (κ3) is 1.63. The summed E-state index contributed by atoms with van der Waals surface area (Å²) in [5, 5.41) is 34.7. The molecule has 0 aliphatic rings. The Morgan fingerprint density at radius 3 is 2.08 bits per heavy atom. The highest BCUT2D eigenvalue weighted by atomic mass is 16.3. The Hall–Kier alpha value is -1.93. The third-order valence-electron chi connectivity index (χ3n) is 1.60. The third-order valence-corrected chi connectivity index (χ3v) is 1.60. The molecule has 4 heteroatoms. The largest absolute Gasteiger partial charge is 0.512 e. The van der Waals surface area contributed by atoms with Crippen LogP contribution in [0.5, 0.6) is 11.5 Å². The highest BCUT2D eigenvalue weighted by molar-refractivity contribution is 5.54. The molecule has 0 amide bonds. The highest BCUT2D eigenvalue weighted by Gasteiger charge is 2.02. The summed E-state index contributed by atoms with van der Waals surface area (Å²) in [6.45, 7) is 1.35. The quantitative estimate of drug-likeness (QED) is 0.413. The van der Waals surface area contributed by atoms with E-state index in [9.17, 15) is 10.2 Å². The number of aliphatic hydroxyl groups excluding tert-OH is 1. The van der Waals surface area contributed by atoms with Crippen LogP contribution < -0.4 is 10.4 Å². The molecule has 1 rings (SSSR count). The van der Waals surface area contributed by atoms with Crippen LogP contribution in [0, 0.1) is 5.41 Å². The van der Waals surface area contributed by atoms with E-state index in [4.69, 9.17) is 10.5 Å². The van der Waals surface area contributed by atoms with Gasteiger partial charge in [-0.25, -0.2) is 0 Å². The molecule has 0 atom stereocenters. The molecule has 0 aliphatic carbocycles. The second-order valence-corrected chi connectivity index (χ2v) is 2.60. The topological polar surface area (TPSA) is 84.5 Å². The van der Waals surface area contributed by atoms with E-state index < -0.39 is 0 Å². The van der Waals surface area contributed by atoms with Gasteiger partial charge >= 0.3 is 0 Å². The lowest BCUT2D eigenvalue weighted by atomic mass is 10.2. The summed E-state index contributed by atoms with van der Waals surface area (Å²) in [5.74, 6) is 1.30. The van der Waals surface area contributed by atoms with Gasteiger partial charge in [-0.3, -0.25) is 5.41 Å². The van der Waals surface area contributed by atoms with E-state index in [1.54, 1.807) is 0 Å². The van der Waals surface area contributed by atoms with Gasteiger partial charge in [0.2, 0.25) is 0 Å². The lowest BCUT2D eigenvalue weighted by Gasteiger charge is -1.98. The van der Waals surface area contributed by atoms with Crippen LogP contribution >= 0.6 is 0 Å². The number of nitrogens with one attached hydrogen (secondary N) is 1. The number of aromatic hydroxyl groups is 2. The minimum absolute atomic E-state index is 0.0148. The summed E-state index contributed by atoms with van der Waals surface area (Å²) < 4.78 is 0. The van der Waals surface area contributed by atoms with Crippen LogP contribution in [0.25, 0.3) is 5.76 Å². The van der Waals surface area contributed by atoms with E-state index in [2.05, 4.69) is 0 Å². The van der Waals surface area contributed by atoms with Crippen molar-refractivity contribution in [3.63, 3.8) is 0 Å². The fourth-order valence-corrected chi connectivity index (χ4v) is 1.05. The zero-order valence-electron chi connectivity index (χ0n) is 7.00. The number of benzene rings is 1. The van der Waals surface area contributed by atoms with Gasteiger partial charge in [0.05, 0.1) is 5.22 Å². The molecular weight excluding hydrogens is 170 g/mol. The lowest BCUT2D eigenvalue weighted by Crippen LogP contribution is -2.12. The van der Waals surface area contributed by atoms with Crippen molar-refractivity contribution in [2.24, 2.45) is 0 Å². The van der Waals surface area contributed by atoms with Crippen molar-refractivity contribution in [3.05, 3.63) is 22.6 Å². The van der Waals surface area contributed by atoms with Crippen molar-refractivity contribution >= 4 is 11.6 Å². The number of hydrogen-bond acceptors (Lipinski definition) is 4. The second-order valence-electron chi connectivity index (χ2n) is 2.60. The van der Waals surface area contributed by atoms with Gasteiger partial charge in [0.15, 0.2) is 0 Å². The van der Waals surface area contributed by atoms with E-state index in [0.717, 1.165) is 0 Å². The van der Waals surface area contributed by atoms with Crippen molar-refractivity contribution < 1.29 is 15.3 Å². The molecule has 0 bridgehead atoms.